The molecule has 81 heavy (non-hydrogen) atoms. The molecule has 6 nitrogen and oxygen atoms in total. The van der Waals surface area contributed by atoms with E-state index in [1.807, 2.05) is 0 Å². The topological polar surface area (TPSA) is 78.9 Å². The highest BCUT2D eigenvalue weighted by atomic mass is 16.6. The summed E-state index contributed by atoms with van der Waals surface area (Å²) in [4.78, 5) is 38.0. The van der Waals surface area contributed by atoms with Gasteiger partial charge in [0.25, 0.3) is 0 Å². The third-order valence-corrected chi connectivity index (χ3v) is 15.1. The van der Waals surface area contributed by atoms with Crippen LogP contribution in [0, 0.1) is 0 Å². The van der Waals surface area contributed by atoms with Gasteiger partial charge >= 0.3 is 17.9 Å². The summed E-state index contributed by atoms with van der Waals surface area (Å²) in [6, 6.07) is 0. The number of hydrogen-bond donors (Lipinski definition) is 0. The fourth-order valence-electron chi connectivity index (χ4n) is 9.93. The highest BCUT2D eigenvalue weighted by Crippen LogP contribution is 2.18. The van der Waals surface area contributed by atoms with Gasteiger partial charge in [0.15, 0.2) is 6.10 Å². The summed E-state index contributed by atoms with van der Waals surface area (Å²) in [6.07, 6.45) is 93.6. The number of allylic oxidation sites excluding steroid dienone is 16. The van der Waals surface area contributed by atoms with Gasteiger partial charge in [-0.1, -0.05) is 336 Å². The van der Waals surface area contributed by atoms with Crippen molar-refractivity contribution in [3.05, 3.63) is 97.2 Å². The lowest BCUT2D eigenvalue weighted by molar-refractivity contribution is -0.167. The number of carbonyl (C=O) groups excluding carboxylic acids is 3. The van der Waals surface area contributed by atoms with E-state index >= 15 is 0 Å². The Hall–Kier alpha value is -3.67. The minimum absolute atomic E-state index is 0.0929. The van der Waals surface area contributed by atoms with E-state index in [0.717, 1.165) is 116 Å². The van der Waals surface area contributed by atoms with Crippen LogP contribution in [0.1, 0.15) is 342 Å². The van der Waals surface area contributed by atoms with Crippen LogP contribution in [-0.4, -0.2) is 37.2 Å². The van der Waals surface area contributed by atoms with Crippen LogP contribution in [-0.2, 0) is 28.6 Å². The summed E-state index contributed by atoms with van der Waals surface area (Å²) in [5.41, 5.74) is 0. The molecule has 0 saturated heterocycles. The summed E-state index contributed by atoms with van der Waals surface area (Å²) < 4.78 is 16.8. The van der Waals surface area contributed by atoms with Crippen LogP contribution < -0.4 is 0 Å². The molecule has 0 rings (SSSR count). The van der Waals surface area contributed by atoms with Crippen molar-refractivity contribution in [1.29, 1.82) is 0 Å². The molecule has 0 amide bonds. The van der Waals surface area contributed by atoms with E-state index in [4.69, 9.17) is 14.2 Å². The van der Waals surface area contributed by atoms with Gasteiger partial charge in [0.1, 0.15) is 13.2 Å². The molecular formula is C75H130O6. The second-order valence-corrected chi connectivity index (χ2v) is 23.1. The van der Waals surface area contributed by atoms with E-state index in [0.29, 0.717) is 19.3 Å². The monoisotopic (exact) mass is 1130 g/mol. The molecule has 0 saturated carbocycles. The highest BCUT2D eigenvalue weighted by Gasteiger charge is 2.19. The zero-order valence-electron chi connectivity index (χ0n) is 53.5. The van der Waals surface area contributed by atoms with Crippen molar-refractivity contribution in [3.63, 3.8) is 0 Å². The van der Waals surface area contributed by atoms with Crippen molar-refractivity contribution >= 4 is 17.9 Å². The van der Waals surface area contributed by atoms with Crippen LogP contribution in [0.5, 0.6) is 0 Å². The van der Waals surface area contributed by atoms with E-state index in [1.165, 1.54) is 180 Å². The second kappa shape index (κ2) is 68.8. The fourth-order valence-corrected chi connectivity index (χ4v) is 9.93. The Morgan fingerprint density at radius 1 is 0.259 bits per heavy atom. The van der Waals surface area contributed by atoms with E-state index in [-0.39, 0.29) is 37.5 Å². The third kappa shape index (κ3) is 67.0. The summed E-state index contributed by atoms with van der Waals surface area (Å²) in [5, 5.41) is 0. The minimum Gasteiger partial charge on any atom is -0.462 e. The SMILES string of the molecule is CC/C=C\C/C=C\C/C=C\C/C=C\C/C=C\C/C=C\C/C=C\C/C=C\CCCCC(=O)OC(COC(=O)CCCCCCC)COC(=O)CCCCCCCCCCCCCCCCCCCCCCCCCCCCCCCCC. The molecule has 0 radical (unpaired) electrons. The lowest BCUT2D eigenvalue weighted by atomic mass is 10.0. The molecule has 0 N–H and O–H groups in total. The first-order valence-corrected chi connectivity index (χ1v) is 34.7. The van der Waals surface area contributed by atoms with Gasteiger partial charge < -0.3 is 14.2 Å². The number of esters is 3. The lowest BCUT2D eigenvalue weighted by Crippen LogP contribution is -2.30. The first-order chi connectivity index (χ1) is 40.0. The first kappa shape index (κ1) is 77.3. The van der Waals surface area contributed by atoms with Crippen molar-refractivity contribution in [2.45, 2.75) is 348 Å². The number of carbonyl (C=O) groups is 3. The molecule has 1 unspecified atom stereocenters. The molecule has 6 heteroatoms. The fraction of sp³-hybridized carbons (Fsp3) is 0.747. The van der Waals surface area contributed by atoms with E-state index in [1.54, 1.807) is 0 Å². The Morgan fingerprint density at radius 2 is 0.481 bits per heavy atom. The van der Waals surface area contributed by atoms with Crippen molar-refractivity contribution in [3.8, 4) is 0 Å². The van der Waals surface area contributed by atoms with Crippen molar-refractivity contribution < 1.29 is 28.6 Å². The summed E-state index contributed by atoms with van der Waals surface area (Å²) in [6.45, 7) is 6.44. The Balaban J connectivity index is 4.04. The second-order valence-electron chi connectivity index (χ2n) is 23.1. The van der Waals surface area contributed by atoms with Gasteiger partial charge in [-0.2, -0.15) is 0 Å². The summed E-state index contributed by atoms with van der Waals surface area (Å²) >= 11 is 0. The minimum atomic E-state index is -0.798. The predicted molar refractivity (Wildman–Crippen MR) is 353 cm³/mol. The average Bonchev–Trinajstić information content (AvgIpc) is 3.47. The standard InChI is InChI=1S/C75H130O6/c1-4-7-10-13-15-17-19-21-23-25-27-29-31-33-35-36-37-38-40-41-43-45-47-49-51-53-55-57-59-62-65-68-74(77)80-71-72(70-79-73(76)67-64-61-12-9-6-3)81-75(78)69-66-63-60-58-56-54-52-50-48-46-44-42-39-34-32-30-28-26-24-22-20-18-16-14-11-8-5-2/h8,11,16,18,22,24,28,30,34,39,44,46,50,52,56,58,72H,4-7,9-10,12-15,17,19-21,23,25-27,29,31-33,35-38,40-43,45,47-49,51,53-55,57,59-71H2,1-3H3/b11-8-,18-16-,24-22-,30-28-,39-34-,46-44-,52-50-,58-56-. The van der Waals surface area contributed by atoms with Crippen molar-refractivity contribution in [2.75, 3.05) is 13.2 Å². The van der Waals surface area contributed by atoms with Crippen LogP contribution in [0.25, 0.3) is 0 Å². The molecule has 0 aliphatic rings. The number of unbranched alkanes of at least 4 members (excludes halogenated alkanes) is 36. The average molecular weight is 1130 g/mol. The Labute approximate surface area is 502 Å². The first-order valence-electron chi connectivity index (χ1n) is 34.7. The van der Waals surface area contributed by atoms with E-state index in [2.05, 4.69) is 118 Å². The van der Waals surface area contributed by atoms with Crippen LogP contribution in [0.2, 0.25) is 0 Å². The molecule has 0 aliphatic heterocycles. The zero-order valence-corrected chi connectivity index (χ0v) is 53.5. The number of hydrogen-bond acceptors (Lipinski definition) is 6. The summed E-state index contributed by atoms with van der Waals surface area (Å²) in [5.74, 6) is -0.941. The van der Waals surface area contributed by atoms with Crippen LogP contribution >= 0.6 is 0 Å². The number of rotatable bonds is 63. The largest absolute Gasteiger partial charge is 0.462 e. The molecule has 0 spiro atoms. The third-order valence-electron chi connectivity index (χ3n) is 15.1. The lowest BCUT2D eigenvalue weighted by Gasteiger charge is -2.18. The van der Waals surface area contributed by atoms with E-state index < -0.39 is 6.10 Å². The van der Waals surface area contributed by atoms with Gasteiger partial charge in [0.2, 0.25) is 0 Å². The normalized spacial score (nSPS) is 12.7. The quantitative estimate of drug-likeness (QED) is 0.0261. The molecule has 0 bridgehead atoms. The molecule has 466 valence electrons. The molecule has 0 aromatic heterocycles. The van der Waals surface area contributed by atoms with Gasteiger partial charge in [0, 0.05) is 19.3 Å². The Morgan fingerprint density at radius 3 is 0.753 bits per heavy atom. The Bertz CT molecular complexity index is 1580. The predicted octanol–water partition coefficient (Wildman–Crippen LogP) is 24.0. The number of ether oxygens (including phenoxy) is 3. The van der Waals surface area contributed by atoms with E-state index in [9.17, 15) is 14.4 Å². The van der Waals surface area contributed by atoms with Crippen LogP contribution in [0.15, 0.2) is 97.2 Å². The molecule has 0 aliphatic carbocycles. The zero-order chi connectivity index (χ0) is 58.5. The maximum absolute atomic E-state index is 12.8. The Kier molecular flexibility index (Phi) is 65.7. The van der Waals surface area contributed by atoms with Gasteiger partial charge in [0.05, 0.1) is 0 Å². The summed E-state index contributed by atoms with van der Waals surface area (Å²) in [7, 11) is 0. The van der Waals surface area contributed by atoms with Crippen LogP contribution in [0.4, 0.5) is 0 Å². The molecule has 0 fully saturated rings. The molecule has 0 heterocycles. The van der Waals surface area contributed by atoms with Gasteiger partial charge in [-0.15, -0.1) is 0 Å². The van der Waals surface area contributed by atoms with Crippen molar-refractivity contribution in [1.82, 2.24) is 0 Å². The molecule has 1 atom stereocenters. The van der Waals surface area contributed by atoms with Crippen LogP contribution in [0.3, 0.4) is 0 Å². The highest BCUT2D eigenvalue weighted by molar-refractivity contribution is 5.71. The maximum atomic E-state index is 12.8. The van der Waals surface area contributed by atoms with Gasteiger partial charge in [-0.25, -0.2) is 0 Å². The maximum Gasteiger partial charge on any atom is 0.306 e. The molecule has 0 aromatic rings. The molecular weight excluding hydrogens is 997 g/mol. The van der Waals surface area contributed by atoms with Gasteiger partial charge in [-0.3, -0.25) is 14.4 Å². The smallest absolute Gasteiger partial charge is 0.306 e. The molecule has 0 aromatic carbocycles. The van der Waals surface area contributed by atoms with Crippen molar-refractivity contribution in [2.24, 2.45) is 0 Å². The van der Waals surface area contributed by atoms with Gasteiger partial charge in [-0.05, 0) is 83.5 Å².